The summed E-state index contributed by atoms with van der Waals surface area (Å²) in [6.07, 6.45) is 0.830. The molecule has 21 heavy (non-hydrogen) atoms. The normalized spacial score (nSPS) is 13.4. The number of nitrogens with zero attached hydrogens (tertiary/aromatic N) is 1. The van der Waals surface area contributed by atoms with Crippen LogP contribution in [0.5, 0.6) is 0 Å². The lowest BCUT2D eigenvalue weighted by Gasteiger charge is -2.24. The third kappa shape index (κ3) is 5.19. The second-order valence-electron chi connectivity index (χ2n) is 5.52. The lowest BCUT2D eigenvalue weighted by molar-refractivity contribution is -0.135. The summed E-state index contributed by atoms with van der Waals surface area (Å²) in [6, 6.07) is 6.94. The topological polar surface area (TPSA) is 75.4 Å². The Morgan fingerprint density at radius 2 is 1.86 bits per heavy atom. The Hall–Kier alpha value is -1.88. The summed E-state index contributed by atoms with van der Waals surface area (Å²) in [5.74, 6) is -0.338. The van der Waals surface area contributed by atoms with Crippen molar-refractivity contribution in [3.8, 4) is 0 Å². The van der Waals surface area contributed by atoms with Gasteiger partial charge in [-0.15, -0.1) is 0 Å². The zero-order chi connectivity index (χ0) is 16.0. The molecule has 0 aromatic heterocycles. The first-order valence-electron chi connectivity index (χ1n) is 7.22. The molecule has 0 heterocycles. The fraction of sp³-hybridized carbons (Fsp3) is 0.500. The molecule has 5 heteroatoms. The van der Waals surface area contributed by atoms with Crippen molar-refractivity contribution in [1.82, 2.24) is 4.90 Å². The van der Waals surface area contributed by atoms with Gasteiger partial charge in [-0.1, -0.05) is 38.0 Å². The first kappa shape index (κ1) is 17.2. The van der Waals surface area contributed by atoms with Crippen LogP contribution in [0.15, 0.2) is 24.3 Å². The van der Waals surface area contributed by atoms with Crippen molar-refractivity contribution in [2.24, 2.45) is 11.7 Å². The summed E-state index contributed by atoms with van der Waals surface area (Å²) in [7, 11) is 1.60. The molecule has 1 aromatic carbocycles. The summed E-state index contributed by atoms with van der Waals surface area (Å²) >= 11 is 0. The quantitative estimate of drug-likeness (QED) is 0.838. The van der Waals surface area contributed by atoms with Crippen molar-refractivity contribution in [2.75, 3.05) is 18.9 Å². The SMILES string of the molecule is CCC(C)C(N)C(=O)N(C)CC(=O)Nc1ccc(C)cc1. The lowest BCUT2D eigenvalue weighted by atomic mass is 9.99. The van der Waals surface area contributed by atoms with Gasteiger partial charge in [-0.2, -0.15) is 0 Å². The van der Waals surface area contributed by atoms with Gasteiger partial charge in [0.1, 0.15) is 0 Å². The van der Waals surface area contributed by atoms with Crippen LogP contribution in [-0.2, 0) is 9.59 Å². The first-order chi connectivity index (χ1) is 9.85. The molecule has 1 rings (SSSR count). The van der Waals surface area contributed by atoms with Crippen LogP contribution in [0.25, 0.3) is 0 Å². The first-order valence-corrected chi connectivity index (χ1v) is 7.22. The molecule has 3 N–H and O–H groups in total. The zero-order valence-electron chi connectivity index (χ0n) is 13.2. The van der Waals surface area contributed by atoms with E-state index in [0.717, 1.165) is 17.7 Å². The Morgan fingerprint density at radius 1 is 1.29 bits per heavy atom. The van der Waals surface area contributed by atoms with Crippen LogP contribution in [0.1, 0.15) is 25.8 Å². The second-order valence-corrected chi connectivity index (χ2v) is 5.52. The van der Waals surface area contributed by atoms with E-state index >= 15 is 0 Å². The average molecular weight is 291 g/mol. The van der Waals surface area contributed by atoms with Crippen LogP contribution in [0.3, 0.4) is 0 Å². The molecule has 1 aromatic rings. The Balaban J connectivity index is 2.53. The van der Waals surface area contributed by atoms with Gasteiger partial charge in [0.15, 0.2) is 0 Å². The summed E-state index contributed by atoms with van der Waals surface area (Å²) < 4.78 is 0. The number of aryl methyl sites for hydroxylation is 1. The molecule has 0 saturated heterocycles. The average Bonchev–Trinajstić information content (AvgIpc) is 2.47. The van der Waals surface area contributed by atoms with Gasteiger partial charge >= 0.3 is 0 Å². The highest BCUT2D eigenvalue weighted by atomic mass is 16.2. The molecule has 0 saturated carbocycles. The minimum absolute atomic E-state index is 0.00313. The highest BCUT2D eigenvalue weighted by Crippen LogP contribution is 2.10. The van der Waals surface area contributed by atoms with Gasteiger partial charge in [0, 0.05) is 12.7 Å². The molecule has 5 nitrogen and oxygen atoms in total. The van der Waals surface area contributed by atoms with Crippen LogP contribution in [0.4, 0.5) is 5.69 Å². The largest absolute Gasteiger partial charge is 0.335 e. The predicted octanol–water partition coefficient (Wildman–Crippen LogP) is 1.77. The number of likely N-dealkylation sites (N-methyl/N-ethyl adjacent to an activating group) is 1. The number of rotatable bonds is 6. The minimum Gasteiger partial charge on any atom is -0.335 e. The highest BCUT2D eigenvalue weighted by molar-refractivity contribution is 5.95. The Labute approximate surface area is 126 Å². The molecule has 0 aliphatic heterocycles. The molecule has 0 fully saturated rings. The van der Waals surface area contributed by atoms with Crippen molar-refractivity contribution in [3.63, 3.8) is 0 Å². The second kappa shape index (κ2) is 7.78. The standard InChI is InChI=1S/C16H25N3O2/c1-5-12(3)15(17)16(21)19(4)10-14(20)18-13-8-6-11(2)7-9-13/h6-9,12,15H,5,10,17H2,1-4H3,(H,18,20). The van der Waals surface area contributed by atoms with Crippen LogP contribution in [0.2, 0.25) is 0 Å². The van der Waals surface area contributed by atoms with E-state index in [-0.39, 0.29) is 24.3 Å². The molecule has 2 amide bonds. The molecular weight excluding hydrogens is 266 g/mol. The molecule has 116 valence electrons. The van der Waals surface area contributed by atoms with Crippen molar-refractivity contribution in [2.45, 2.75) is 33.2 Å². The van der Waals surface area contributed by atoms with Crippen LogP contribution < -0.4 is 11.1 Å². The van der Waals surface area contributed by atoms with Gasteiger partial charge in [0.2, 0.25) is 11.8 Å². The van der Waals surface area contributed by atoms with Crippen molar-refractivity contribution >= 4 is 17.5 Å². The smallest absolute Gasteiger partial charge is 0.243 e. The maximum Gasteiger partial charge on any atom is 0.243 e. The molecule has 2 unspecified atom stereocenters. The maximum atomic E-state index is 12.1. The fourth-order valence-corrected chi connectivity index (χ4v) is 1.88. The van der Waals surface area contributed by atoms with Gasteiger partial charge in [-0.3, -0.25) is 9.59 Å². The maximum absolute atomic E-state index is 12.1. The van der Waals surface area contributed by atoms with E-state index < -0.39 is 6.04 Å². The predicted molar refractivity (Wildman–Crippen MR) is 84.9 cm³/mol. The Bertz CT molecular complexity index is 485. The number of carbonyl (C=O) groups is 2. The molecule has 0 bridgehead atoms. The van der Waals surface area contributed by atoms with E-state index in [1.54, 1.807) is 7.05 Å². The molecule has 0 aliphatic carbocycles. The number of hydrogen-bond acceptors (Lipinski definition) is 3. The number of carbonyl (C=O) groups excluding carboxylic acids is 2. The van der Waals surface area contributed by atoms with Crippen molar-refractivity contribution in [3.05, 3.63) is 29.8 Å². The van der Waals surface area contributed by atoms with E-state index in [0.29, 0.717) is 0 Å². The Morgan fingerprint density at radius 3 is 2.38 bits per heavy atom. The molecule has 0 spiro atoms. The zero-order valence-corrected chi connectivity index (χ0v) is 13.2. The summed E-state index contributed by atoms with van der Waals surface area (Å²) in [6.45, 7) is 5.90. The monoisotopic (exact) mass is 291 g/mol. The molecule has 0 aliphatic rings. The van der Waals surface area contributed by atoms with Gasteiger partial charge < -0.3 is 16.0 Å². The van der Waals surface area contributed by atoms with Gasteiger partial charge in [-0.25, -0.2) is 0 Å². The fourth-order valence-electron chi connectivity index (χ4n) is 1.88. The number of anilines is 1. The highest BCUT2D eigenvalue weighted by Gasteiger charge is 2.23. The lowest BCUT2D eigenvalue weighted by Crippen LogP contribution is -2.47. The number of hydrogen-bond donors (Lipinski definition) is 2. The van der Waals surface area contributed by atoms with E-state index in [9.17, 15) is 9.59 Å². The number of nitrogens with one attached hydrogen (secondary N) is 1. The molecule has 0 radical (unpaired) electrons. The van der Waals surface area contributed by atoms with Crippen molar-refractivity contribution in [1.29, 1.82) is 0 Å². The third-order valence-corrected chi connectivity index (χ3v) is 3.63. The minimum atomic E-state index is -0.563. The number of amides is 2. The van der Waals surface area contributed by atoms with E-state index in [1.165, 1.54) is 4.90 Å². The third-order valence-electron chi connectivity index (χ3n) is 3.63. The van der Waals surface area contributed by atoms with Gasteiger partial charge in [0.05, 0.1) is 12.6 Å². The van der Waals surface area contributed by atoms with Crippen LogP contribution in [-0.4, -0.2) is 36.3 Å². The summed E-state index contributed by atoms with van der Waals surface area (Å²) in [5.41, 5.74) is 7.74. The van der Waals surface area contributed by atoms with E-state index in [2.05, 4.69) is 5.32 Å². The van der Waals surface area contributed by atoms with Gasteiger partial charge in [0.25, 0.3) is 0 Å². The summed E-state index contributed by atoms with van der Waals surface area (Å²) in [5, 5.41) is 2.76. The van der Waals surface area contributed by atoms with E-state index in [1.807, 2.05) is 45.0 Å². The van der Waals surface area contributed by atoms with Crippen LogP contribution in [0, 0.1) is 12.8 Å². The Kier molecular flexibility index (Phi) is 6.37. The van der Waals surface area contributed by atoms with Crippen LogP contribution >= 0.6 is 0 Å². The summed E-state index contributed by atoms with van der Waals surface area (Å²) in [4.78, 5) is 25.4. The van der Waals surface area contributed by atoms with E-state index in [4.69, 9.17) is 5.73 Å². The van der Waals surface area contributed by atoms with Crippen molar-refractivity contribution < 1.29 is 9.59 Å². The number of benzene rings is 1. The molecule has 2 atom stereocenters. The number of nitrogens with two attached hydrogens (primary N) is 1. The van der Waals surface area contributed by atoms with Gasteiger partial charge in [-0.05, 0) is 25.0 Å². The molecular formula is C16H25N3O2.